The fourth-order valence-corrected chi connectivity index (χ4v) is 2.55. The van der Waals surface area contributed by atoms with Gasteiger partial charge in [-0.05, 0) is 23.8 Å². The average Bonchev–Trinajstić information content (AvgIpc) is 2.73. The summed E-state index contributed by atoms with van der Waals surface area (Å²) in [4.78, 5) is 24.6. The number of non-ortho nitro benzene ring substituents is 1. The van der Waals surface area contributed by atoms with Gasteiger partial charge in [0.25, 0.3) is 5.69 Å². The molecule has 2 amide bonds. The molecule has 3 aromatic rings. The largest absolute Gasteiger partial charge is 0.486 e. The molecule has 3 aromatic carbocycles. The molecule has 3 rings (SSSR count). The van der Waals surface area contributed by atoms with Crippen molar-refractivity contribution in [2.45, 2.75) is 6.61 Å². The monoisotopic (exact) mass is 377 g/mol. The van der Waals surface area contributed by atoms with Crippen LogP contribution >= 0.6 is 0 Å². The van der Waals surface area contributed by atoms with Crippen LogP contribution in [0, 0.1) is 10.1 Å². The third-order valence-electron chi connectivity index (χ3n) is 4.10. The van der Waals surface area contributed by atoms with Crippen molar-refractivity contribution in [1.29, 1.82) is 0 Å². The number of anilines is 2. The van der Waals surface area contributed by atoms with Gasteiger partial charge in [0.1, 0.15) is 12.4 Å². The molecule has 0 saturated carbocycles. The minimum absolute atomic E-state index is 0.113. The first-order chi connectivity index (χ1) is 13.5. The topological polar surface area (TPSA) is 84.7 Å². The van der Waals surface area contributed by atoms with Gasteiger partial charge >= 0.3 is 6.03 Å². The SMILES string of the molecule is CN(C(=O)Nc1ccc([N+](=O)[O-])cc1OCc1ccccc1)c1ccccc1. The molecule has 0 aliphatic heterocycles. The van der Waals surface area contributed by atoms with Gasteiger partial charge in [-0.2, -0.15) is 0 Å². The molecule has 0 fully saturated rings. The number of hydrogen-bond acceptors (Lipinski definition) is 4. The van der Waals surface area contributed by atoms with Crippen LogP contribution in [0.5, 0.6) is 5.75 Å². The van der Waals surface area contributed by atoms with Gasteiger partial charge in [-0.3, -0.25) is 15.0 Å². The van der Waals surface area contributed by atoms with Crippen molar-refractivity contribution in [1.82, 2.24) is 0 Å². The number of para-hydroxylation sites is 1. The second-order valence-corrected chi connectivity index (χ2v) is 6.04. The Morgan fingerprint density at radius 3 is 2.32 bits per heavy atom. The van der Waals surface area contributed by atoms with E-state index in [1.807, 2.05) is 60.7 Å². The maximum absolute atomic E-state index is 12.6. The lowest BCUT2D eigenvalue weighted by Crippen LogP contribution is -2.31. The molecule has 0 unspecified atom stereocenters. The van der Waals surface area contributed by atoms with E-state index in [0.717, 1.165) is 5.56 Å². The fourth-order valence-electron chi connectivity index (χ4n) is 2.55. The Morgan fingerprint density at radius 1 is 1.04 bits per heavy atom. The van der Waals surface area contributed by atoms with Crippen LogP contribution in [0.1, 0.15) is 5.56 Å². The summed E-state index contributed by atoms with van der Waals surface area (Å²) < 4.78 is 5.76. The van der Waals surface area contributed by atoms with Gasteiger partial charge in [-0.1, -0.05) is 48.5 Å². The Kier molecular flexibility index (Phi) is 5.86. The lowest BCUT2D eigenvalue weighted by molar-refractivity contribution is -0.384. The van der Waals surface area contributed by atoms with Gasteiger partial charge < -0.3 is 10.1 Å². The van der Waals surface area contributed by atoms with E-state index in [2.05, 4.69) is 5.32 Å². The first-order valence-corrected chi connectivity index (χ1v) is 8.59. The minimum atomic E-state index is -0.503. The highest BCUT2D eigenvalue weighted by molar-refractivity contribution is 6.02. The van der Waals surface area contributed by atoms with E-state index in [1.54, 1.807) is 7.05 Å². The van der Waals surface area contributed by atoms with Crippen LogP contribution in [0.4, 0.5) is 21.9 Å². The molecule has 7 nitrogen and oxygen atoms in total. The highest BCUT2D eigenvalue weighted by Crippen LogP contribution is 2.30. The molecule has 1 N–H and O–H groups in total. The molecular weight excluding hydrogens is 358 g/mol. The normalized spacial score (nSPS) is 10.2. The third-order valence-corrected chi connectivity index (χ3v) is 4.10. The Bertz CT molecular complexity index is 962. The number of carbonyl (C=O) groups is 1. The molecule has 0 spiro atoms. The van der Waals surface area contributed by atoms with Crippen molar-refractivity contribution in [3.05, 3.63) is 94.5 Å². The second kappa shape index (κ2) is 8.68. The summed E-state index contributed by atoms with van der Waals surface area (Å²) in [6.45, 7) is 0.222. The fraction of sp³-hybridized carbons (Fsp3) is 0.0952. The summed E-state index contributed by atoms with van der Waals surface area (Å²) >= 11 is 0. The molecule has 0 radical (unpaired) electrons. The van der Waals surface area contributed by atoms with Crippen molar-refractivity contribution >= 4 is 23.1 Å². The summed E-state index contributed by atoms with van der Waals surface area (Å²) in [5.41, 5.74) is 1.87. The van der Waals surface area contributed by atoms with E-state index in [4.69, 9.17) is 4.74 Å². The maximum atomic E-state index is 12.6. The Morgan fingerprint density at radius 2 is 1.68 bits per heavy atom. The quantitative estimate of drug-likeness (QED) is 0.492. The molecule has 0 saturated heterocycles. The molecule has 7 heteroatoms. The van der Waals surface area contributed by atoms with E-state index in [-0.39, 0.29) is 24.1 Å². The van der Waals surface area contributed by atoms with Gasteiger partial charge in [-0.15, -0.1) is 0 Å². The first-order valence-electron chi connectivity index (χ1n) is 8.59. The lowest BCUT2D eigenvalue weighted by Gasteiger charge is -2.19. The molecule has 0 aromatic heterocycles. The number of nitro benzene ring substituents is 1. The van der Waals surface area contributed by atoms with Gasteiger partial charge in [0.15, 0.2) is 0 Å². The molecule has 142 valence electrons. The van der Waals surface area contributed by atoms with E-state index >= 15 is 0 Å². The van der Waals surface area contributed by atoms with Crippen molar-refractivity contribution in [2.24, 2.45) is 0 Å². The second-order valence-electron chi connectivity index (χ2n) is 6.04. The van der Waals surface area contributed by atoms with Crippen molar-refractivity contribution in [3.8, 4) is 5.75 Å². The van der Waals surface area contributed by atoms with E-state index in [0.29, 0.717) is 11.4 Å². The van der Waals surface area contributed by atoms with Crippen LogP contribution in [0.15, 0.2) is 78.9 Å². The van der Waals surface area contributed by atoms with E-state index in [9.17, 15) is 14.9 Å². The number of carbonyl (C=O) groups excluding carboxylic acids is 1. The Labute approximate surface area is 162 Å². The van der Waals surface area contributed by atoms with Crippen LogP contribution in [0.2, 0.25) is 0 Å². The van der Waals surface area contributed by atoms with E-state index < -0.39 is 4.92 Å². The van der Waals surface area contributed by atoms with Crippen molar-refractivity contribution < 1.29 is 14.5 Å². The summed E-state index contributed by atoms with van der Waals surface area (Å²) in [5, 5.41) is 13.9. The van der Waals surface area contributed by atoms with Gasteiger partial charge in [0.05, 0.1) is 16.7 Å². The summed E-state index contributed by atoms with van der Waals surface area (Å²) in [7, 11) is 1.64. The van der Waals surface area contributed by atoms with Crippen LogP contribution in [-0.4, -0.2) is 18.0 Å². The molecule has 0 aliphatic carbocycles. The van der Waals surface area contributed by atoms with Crippen LogP contribution in [0.3, 0.4) is 0 Å². The maximum Gasteiger partial charge on any atom is 0.326 e. The van der Waals surface area contributed by atoms with Crippen molar-refractivity contribution in [3.63, 3.8) is 0 Å². The standard InChI is InChI=1S/C21H19N3O4/c1-23(17-10-6-3-7-11-17)21(25)22-19-13-12-18(24(26)27)14-20(19)28-15-16-8-4-2-5-9-16/h2-14H,15H2,1H3,(H,22,25). The highest BCUT2D eigenvalue weighted by atomic mass is 16.6. The number of amides is 2. The molecule has 0 bridgehead atoms. The summed E-state index contributed by atoms with van der Waals surface area (Å²) in [6, 6.07) is 22.3. The average molecular weight is 377 g/mol. The van der Waals surface area contributed by atoms with Crippen molar-refractivity contribution in [2.75, 3.05) is 17.3 Å². The van der Waals surface area contributed by atoms with Crippen LogP contribution in [-0.2, 0) is 6.61 Å². The van der Waals surface area contributed by atoms with Gasteiger partial charge in [0, 0.05) is 18.8 Å². The van der Waals surface area contributed by atoms with Gasteiger partial charge in [-0.25, -0.2) is 4.79 Å². The number of urea groups is 1. The minimum Gasteiger partial charge on any atom is -0.486 e. The summed E-state index contributed by atoms with van der Waals surface area (Å²) in [6.07, 6.45) is 0. The number of hydrogen-bond donors (Lipinski definition) is 1. The number of benzene rings is 3. The Balaban J connectivity index is 1.80. The van der Waals surface area contributed by atoms with E-state index in [1.165, 1.54) is 23.1 Å². The smallest absolute Gasteiger partial charge is 0.326 e. The van der Waals surface area contributed by atoms with Crippen LogP contribution in [0.25, 0.3) is 0 Å². The number of nitro groups is 1. The predicted molar refractivity (Wildman–Crippen MR) is 108 cm³/mol. The zero-order valence-electron chi connectivity index (χ0n) is 15.2. The number of nitrogens with one attached hydrogen (secondary N) is 1. The van der Waals surface area contributed by atoms with Gasteiger partial charge in [0.2, 0.25) is 0 Å². The third kappa shape index (κ3) is 4.64. The zero-order valence-corrected chi connectivity index (χ0v) is 15.2. The zero-order chi connectivity index (χ0) is 19.9. The number of rotatable bonds is 6. The molecule has 0 heterocycles. The molecule has 0 atom stereocenters. The molecular formula is C21H19N3O4. The number of nitrogens with zero attached hydrogens (tertiary/aromatic N) is 2. The highest BCUT2D eigenvalue weighted by Gasteiger charge is 2.17. The molecule has 28 heavy (non-hydrogen) atoms. The first kappa shape index (κ1) is 18.9. The predicted octanol–water partition coefficient (Wildman–Crippen LogP) is 4.84. The summed E-state index contributed by atoms with van der Waals surface area (Å²) in [5.74, 6) is 0.230. The van der Waals surface area contributed by atoms with Crippen LogP contribution < -0.4 is 15.0 Å². The molecule has 0 aliphatic rings. The number of ether oxygens (including phenoxy) is 1. The Hall–Kier alpha value is -3.87. The lowest BCUT2D eigenvalue weighted by atomic mass is 10.2.